The summed E-state index contributed by atoms with van der Waals surface area (Å²) in [5, 5.41) is 6.49. The van der Waals surface area contributed by atoms with Gasteiger partial charge in [0, 0.05) is 24.8 Å². The van der Waals surface area contributed by atoms with Gasteiger partial charge < -0.3 is 20.1 Å². The molecule has 2 amide bonds. The van der Waals surface area contributed by atoms with Gasteiger partial charge in [0.25, 0.3) is 0 Å². The Labute approximate surface area is 178 Å². The van der Waals surface area contributed by atoms with E-state index in [0.29, 0.717) is 37.6 Å². The van der Waals surface area contributed by atoms with E-state index in [2.05, 4.69) is 10.6 Å². The molecule has 1 saturated heterocycles. The number of alkyl carbamates (subject to hydrolysis) is 1. The largest absolute Gasteiger partial charge is 0.444 e. The Morgan fingerprint density at radius 3 is 2.38 bits per heavy atom. The van der Waals surface area contributed by atoms with E-state index < -0.39 is 17.1 Å². The van der Waals surface area contributed by atoms with Crippen molar-refractivity contribution in [1.29, 1.82) is 0 Å². The number of benzene rings is 1. The molecule has 1 fully saturated rings. The molecule has 1 aromatic carbocycles. The van der Waals surface area contributed by atoms with E-state index in [-0.39, 0.29) is 17.9 Å². The van der Waals surface area contributed by atoms with Gasteiger partial charge in [-0.2, -0.15) is 0 Å². The number of carbonyl (C=O) groups excluding carboxylic acids is 2. The summed E-state index contributed by atoms with van der Waals surface area (Å²) in [6.07, 6.45) is 0.639. The van der Waals surface area contributed by atoms with Gasteiger partial charge in [0.1, 0.15) is 5.60 Å². The van der Waals surface area contributed by atoms with Crippen molar-refractivity contribution in [3.05, 3.63) is 34.9 Å². The number of rotatable bonds is 6. The van der Waals surface area contributed by atoms with Gasteiger partial charge in [-0.15, -0.1) is 0 Å². The van der Waals surface area contributed by atoms with Crippen molar-refractivity contribution in [2.75, 3.05) is 19.8 Å². The summed E-state index contributed by atoms with van der Waals surface area (Å²) in [6.45, 7) is 10.7. The summed E-state index contributed by atoms with van der Waals surface area (Å²) in [4.78, 5) is 25.5. The zero-order valence-corrected chi connectivity index (χ0v) is 18.8. The highest BCUT2D eigenvalue weighted by atomic mass is 35.5. The number of halogens is 1. The Morgan fingerprint density at radius 1 is 1.21 bits per heavy atom. The van der Waals surface area contributed by atoms with E-state index in [1.807, 2.05) is 58.9 Å². The lowest BCUT2D eigenvalue weighted by Gasteiger charge is -2.37. The fraction of sp³-hybridized carbons (Fsp3) is 0.636. The van der Waals surface area contributed by atoms with E-state index in [9.17, 15) is 9.59 Å². The van der Waals surface area contributed by atoms with Crippen molar-refractivity contribution in [3.63, 3.8) is 0 Å². The standard InChI is InChI=1S/C22H33ClN2O4/c1-15(2)18(25-20(27)29-21(3,4)5)14-24-19(26)22(10-12-28-13-11-22)16-8-6-7-9-17(16)23/h6-9,15,18H,10-14H2,1-5H3,(H,24,26)(H,25,27). The molecule has 0 spiro atoms. The van der Waals surface area contributed by atoms with Gasteiger partial charge in [-0.1, -0.05) is 43.6 Å². The molecule has 7 heteroatoms. The maximum Gasteiger partial charge on any atom is 0.407 e. The number of nitrogens with one attached hydrogen (secondary N) is 2. The monoisotopic (exact) mass is 424 g/mol. The molecular weight excluding hydrogens is 392 g/mol. The van der Waals surface area contributed by atoms with Crippen molar-refractivity contribution < 1.29 is 19.1 Å². The topological polar surface area (TPSA) is 76.7 Å². The molecular formula is C22H33ClN2O4. The average molecular weight is 425 g/mol. The third-order valence-electron chi connectivity index (χ3n) is 5.16. The molecule has 0 aliphatic carbocycles. The molecule has 1 unspecified atom stereocenters. The molecule has 0 radical (unpaired) electrons. The average Bonchev–Trinajstić information content (AvgIpc) is 2.64. The van der Waals surface area contributed by atoms with Gasteiger partial charge in [0.2, 0.25) is 5.91 Å². The molecule has 1 aliphatic rings. The van der Waals surface area contributed by atoms with Crippen LogP contribution >= 0.6 is 11.6 Å². The minimum atomic E-state index is -0.732. The van der Waals surface area contributed by atoms with Gasteiger partial charge in [-0.05, 0) is 51.2 Å². The Hall–Kier alpha value is -1.79. The van der Waals surface area contributed by atoms with Crippen LogP contribution in [0.3, 0.4) is 0 Å². The van der Waals surface area contributed by atoms with Gasteiger partial charge in [0.05, 0.1) is 11.5 Å². The third kappa shape index (κ3) is 6.34. The molecule has 162 valence electrons. The van der Waals surface area contributed by atoms with Crippen molar-refractivity contribution >= 4 is 23.6 Å². The van der Waals surface area contributed by atoms with Crippen LogP contribution in [-0.2, 0) is 19.7 Å². The second-order valence-corrected chi connectivity index (χ2v) is 9.29. The van der Waals surface area contributed by atoms with Gasteiger partial charge in [-0.3, -0.25) is 4.79 Å². The summed E-state index contributed by atoms with van der Waals surface area (Å²) >= 11 is 6.44. The molecule has 0 saturated carbocycles. The number of ether oxygens (including phenoxy) is 2. The molecule has 2 rings (SSSR count). The van der Waals surface area contributed by atoms with Crippen molar-refractivity contribution in [3.8, 4) is 0 Å². The molecule has 29 heavy (non-hydrogen) atoms. The highest BCUT2D eigenvalue weighted by molar-refractivity contribution is 6.31. The predicted octanol–water partition coefficient (Wildman–Crippen LogP) is 4.05. The molecule has 2 N–H and O–H groups in total. The summed E-state index contributed by atoms with van der Waals surface area (Å²) in [6, 6.07) is 7.22. The van der Waals surface area contributed by atoms with Crippen LogP contribution in [0.5, 0.6) is 0 Å². The summed E-state index contributed by atoms with van der Waals surface area (Å²) in [7, 11) is 0. The highest BCUT2D eigenvalue weighted by Gasteiger charge is 2.43. The van der Waals surface area contributed by atoms with Crippen LogP contribution < -0.4 is 10.6 Å². The normalized spacial score (nSPS) is 17.5. The van der Waals surface area contributed by atoms with Crippen LogP contribution in [0.15, 0.2) is 24.3 Å². The van der Waals surface area contributed by atoms with Gasteiger partial charge >= 0.3 is 6.09 Å². The number of hydrogen-bond donors (Lipinski definition) is 2. The number of carbonyl (C=O) groups is 2. The van der Waals surface area contributed by atoms with Crippen LogP contribution in [0, 0.1) is 5.92 Å². The number of amides is 2. The Balaban J connectivity index is 2.12. The van der Waals surface area contributed by atoms with E-state index >= 15 is 0 Å². The van der Waals surface area contributed by atoms with E-state index in [1.54, 1.807) is 0 Å². The highest BCUT2D eigenvalue weighted by Crippen LogP contribution is 2.38. The Morgan fingerprint density at radius 2 is 1.83 bits per heavy atom. The Bertz CT molecular complexity index is 709. The van der Waals surface area contributed by atoms with Crippen molar-refractivity contribution in [2.24, 2.45) is 5.92 Å². The van der Waals surface area contributed by atoms with Crippen molar-refractivity contribution in [1.82, 2.24) is 10.6 Å². The third-order valence-corrected chi connectivity index (χ3v) is 5.49. The maximum absolute atomic E-state index is 13.3. The quantitative estimate of drug-likeness (QED) is 0.722. The molecule has 1 aliphatic heterocycles. The fourth-order valence-electron chi connectivity index (χ4n) is 3.47. The smallest absolute Gasteiger partial charge is 0.407 e. The van der Waals surface area contributed by atoms with Gasteiger partial charge in [-0.25, -0.2) is 4.79 Å². The van der Waals surface area contributed by atoms with Crippen molar-refractivity contribution in [2.45, 2.75) is 64.5 Å². The number of hydrogen-bond acceptors (Lipinski definition) is 4. The second kappa shape index (κ2) is 9.81. The van der Waals surface area contributed by atoms with Gasteiger partial charge in [0.15, 0.2) is 0 Å². The fourth-order valence-corrected chi connectivity index (χ4v) is 3.79. The van der Waals surface area contributed by atoms with Crippen LogP contribution in [0.2, 0.25) is 5.02 Å². The van der Waals surface area contributed by atoms with Crippen LogP contribution in [0.1, 0.15) is 53.0 Å². The first-order valence-electron chi connectivity index (χ1n) is 10.2. The first-order chi connectivity index (χ1) is 13.5. The lowest BCUT2D eigenvalue weighted by molar-refractivity contribution is -0.130. The van der Waals surface area contributed by atoms with Crippen LogP contribution in [-0.4, -0.2) is 43.4 Å². The lowest BCUT2D eigenvalue weighted by atomic mass is 9.73. The molecule has 0 aromatic heterocycles. The molecule has 0 bridgehead atoms. The zero-order chi connectivity index (χ0) is 21.7. The summed E-state index contributed by atoms with van der Waals surface area (Å²) in [5.41, 5.74) is -0.488. The maximum atomic E-state index is 13.3. The predicted molar refractivity (Wildman–Crippen MR) is 114 cm³/mol. The lowest BCUT2D eigenvalue weighted by Crippen LogP contribution is -2.53. The van der Waals surface area contributed by atoms with Crippen LogP contribution in [0.25, 0.3) is 0 Å². The Kier molecular flexibility index (Phi) is 7.94. The first kappa shape index (κ1) is 23.5. The second-order valence-electron chi connectivity index (χ2n) is 8.88. The minimum absolute atomic E-state index is 0.0921. The van der Waals surface area contributed by atoms with Crippen LogP contribution in [0.4, 0.5) is 4.79 Å². The summed E-state index contributed by atoms with van der Waals surface area (Å²) in [5.74, 6) is 0.0271. The van der Waals surface area contributed by atoms with E-state index in [1.165, 1.54) is 0 Å². The minimum Gasteiger partial charge on any atom is -0.444 e. The first-order valence-corrected chi connectivity index (χ1v) is 10.5. The van der Waals surface area contributed by atoms with E-state index in [0.717, 1.165) is 5.56 Å². The SMILES string of the molecule is CC(C)C(CNC(=O)C1(c2ccccc2Cl)CCOCC1)NC(=O)OC(C)(C)C. The van der Waals surface area contributed by atoms with E-state index in [4.69, 9.17) is 21.1 Å². The summed E-state index contributed by atoms with van der Waals surface area (Å²) < 4.78 is 10.9. The molecule has 1 atom stereocenters. The molecule has 1 heterocycles. The molecule has 1 aromatic rings. The zero-order valence-electron chi connectivity index (χ0n) is 18.0. The molecule has 6 nitrogen and oxygen atoms in total.